The van der Waals surface area contributed by atoms with Crippen LogP contribution in [0.3, 0.4) is 0 Å². The first-order valence-electron chi connectivity index (χ1n) is 20.8. The van der Waals surface area contributed by atoms with Crippen LogP contribution in [0.5, 0.6) is 0 Å². The second-order valence-electron chi connectivity index (χ2n) is 13.6. The summed E-state index contributed by atoms with van der Waals surface area (Å²) in [6.07, 6.45) is 48.1. The van der Waals surface area contributed by atoms with Crippen LogP contribution in [0.15, 0.2) is 48.6 Å². The first kappa shape index (κ1) is 46.4. The third-order valence-corrected chi connectivity index (χ3v) is 9.12. The van der Waals surface area contributed by atoms with Gasteiger partial charge in [0.2, 0.25) is 0 Å². The fourth-order valence-corrected chi connectivity index (χ4v) is 5.76. The fourth-order valence-electron chi connectivity index (χ4n) is 5.76. The van der Waals surface area contributed by atoms with Gasteiger partial charge in [0.05, 0.1) is 6.10 Å². The predicted molar refractivity (Wildman–Crippen MR) is 212 cm³/mol. The van der Waals surface area contributed by atoms with Crippen LogP contribution in [0.1, 0.15) is 188 Å². The quantitative estimate of drug-likeness (QED) is 0.0374. The summed E-state index contributed by atoms with van der Waals surface area (Å²) in [7, 11) is 0. The predicted octanol–water partition coefficient (Wildman–Crippen LogP) is 13.3. The van der Waals surface area contributed by atoms with Gasteiger partial charge in [-0.25, -0.2) is 0 Å². The van der Waals surface area contributed by atoms with E-state index in [2.05, 4.69) is 81.2 Å². The van der Waals surface area contributed by atoms with Gasteiger partial charge in [-0.1, -0.05) is 147 Å². The van der Waals surface area contributed by atoms with Crippen LogP contribution in [-0.2, 0) is 14.3 Å². The molecule has 0 aliphatic carbocycles. The lowest BCUT2D eigenvalue weighted by molar-refractivity contribution is -0.148. The standard InChI is InChI=1S/C44H81NO3/c1-5-9-11-13-15-17-19-21-23-25-27-29-31-33-35-37-41-47-43(39-40-45(7-3)8-4)42-48-44(46)38-36-34-32-30-28-26-24-22-20-18-16-14-12-10-6-2/h15-18,21-24,43H,5-14,19-20,25-42H2,1-4H3/b17-15-,18-16-,23-21-,24-22-. The van der Waals surface area contributed by atoms with Crippen molar-refractivity contribution in [3.05, 3.63) is 48.6 Å². The molecule has 0 bridgehead atoms. The number of carbonyl (C=O) groups is 1. The summed E-state index contributed by atoms with van der Waals surface area (Å²) in [6.45, 7) is 13.2. The van der Waals surface area contributed by atoms with Gasteiger partial charge in [0.25, 0.3) is 0 Å². The zero-order chi connectivity index (χ0) is 35.0. The molecule has 1 atom stereocenters. The highest BCUT2D eigenvalue weighted by molar-refractivity contribution is 5.69. The monoisotopic (exact) mass is 672 g/mol. The Balaban J connectivity index is 3.96. The zero-order valence-corrected chi connectivity index (χ0v) is 32.6. The van der Waals surface area contributed by atoms with E-state index < -0.39 is 0 Å². The molecule has 48 heavy (non-hydrogen) atoms. The lowest BCUT2D eigenvalue weighted by Crippen LogP contribution is -2.31. The molecule has 0 aromatic rings. The number of esters is 1. The summed E-state index contributed by atoms with van der Waals surface area (Å²) in [6, 6.07) is 0. The minimum Gasteiger partial charge on any atom is -0.463 e. The number of allylic oxidation sites excluding steroid dienone is 8. The molecular formula is C44H81NO3. The van der Waals surface area contributed by atoms with Crippen LogP contribution < -0.4 is 0 Å². The smallest absolute Gasteiger partial charge is 0.305 e. The molecule has 0 aliphatic rings. The van der Waals surface area contributed by atoms with E-state index in [9.17, 15) is 4.79 Å². The first-order valence-corrected chi connectivity index (χ1v) is 20.8. The minimum absolute atomic E-state index is 0.00266. The van der Waals surface area contributed by atoms with Crippen LogP contribution in [0.4, 0.5) is 0 Å². The van der Waals surface area contributed by atoms with Gasteiger partial charge in [-0.3, -0.25) is 4.79 Å². The van der Waals surface area contributed by atoms with Crippen LogP contribution in [0.25, 0.3) is 0 Å². The average Bonchev–Trinajstić information content (AvgIpc) is 3.10. The number of ether oxygens (including phenoxy) is 2. The van der Waals surface area contributed by atoms with Crippen molar-refractivity contribution in [3.8, 4) is 0 Å². The van der Waals surface area contributed by atoms with Gasteiger partial charge in [0.1, 0.15) is 6.61 Å². The van der Waals surface area contributed by atoms with Gasteiger partial charge in [-0.2, -0.15) is 0 Å². The molecule has 0 rings (SSSR count). The van der Waals surface area contributed by atoms with E-state index in [0.29, 0.717) is 13.0 Å². The number of hydrogen-bond acceptors (Lipinski definition) is 4. The Morgan fingerprint density at radius 1 is 0.542 bits per heavy atom. The van der Waals surface area contributed by atoms with Gasteiger partial charge in [-0.05, 0) is 96.6 Å². The first-order chi connectivity index (χ1) is 23.7. The number of rotatable bonds is 37. The molecule has 4 nitrogen and oxygen atoms in total. The molecular weight excluding hydrogens is 590 g/mol. The van der Waals surface area contributed by atoms with Gasteiger partial charge >= 0.3 is 5.97 Å². The summed E-state index contributed by atoms with van der Waals surface area (Å²) in [5.41, 5.74) is 0. The summed E-state index contributed by atoms with van der Waals surface area (Å²) >= 11 is 0. The third-order valence-electron chi connectivity index (χ3n) is 9.12. The highest BCUT2D eigenvalue weighted by Gasteiger charge is 2.14. The largest absolute Gasteiger partial charge is 0.463 e. The maximum Gasteiger partial charge on any atom is 0.305 e. The Morgan fingerprint density at radius 2 is 0.979 bits per heavy atom. The van der Waals surface area contributed by atoms with Gasteiger partial charge in [-0.15, -0.1) is 0 Å². The fraction of sp³-hybridized carbons (Fsp3) is 0.795. The summed E-state index contributed by atoms with van der Waals surface area (Å²) in [4.78, 5) is 14.9. The van der Waals surface area contributed by atoms with E-state index in [1.165, 1.54) is 109 Å². The van der Waals surface area contributed by atoms with Crippen molar-refractivity contribution in [2.45, 2.75) is 194 Å². The lowest BCUT2D eigenvalue weighted by atomic mass is 10.1. The number of carbonyl (C=O) groups excluding carboxylic acids is 1. The number of hydrogen-bond donors (Lipinski definition) is 0. The topological polar surface area (TPSA) is 38.8 Å². The molecule has 0 saturated carbocycles. The average molecular weight is 672 g/mol. The summed E-state index contributed by atoms with van der Waals surface area (Å²) in [5.74, 6) is -0.0640. The highest BCUT2D eigenvalue weighted by atomic mass is 16.6. The lowest BCUT2D eigenvalue weighted by Gasteiger charge is -2.23. The third kappa shape index (κ3) is 35.7. The summed E-state index contributed by atoms with van der Waals surface area (Å²) < 4.78 is 12.0. The van der Waals surface area contributed by atoms with E-state index in [0.717, 1.165) is 71.2 Å². The Morgan fingerprint density at radius 3 is 1.46 bits per heavy atom. The van der Waals surface area contributed by atoms with Crippen LogP contribution in [-0.4, -0.2) is 49.8 Å². The molecule has 280 valence electrons. The van der Waals surface area contributed by atoms with E-state index >= 15 is 0 Å². The van der Waals surface area contributed by atoms with Crippen LogP contribution >= 0.6 is 0 Å². The number of unbranched alkanes of at least 4 members (excludes halogenated alkanes) is 17. The second kappa shape index (κ2) is 39.8. The molecule has 0 fully saturated rings. The Kier molecular flexibility index (Phi) is 38.4. The molecule has 4 heteroatoms. The molecule has 0 radical (unpaired) electrons. The van der Waals surface area contributed by atoms with Crippen molar-refractivity contribution < 1.29 is 14.3 Å². The zero-order valence-electron chi connectivity index (χ0n) is 32.6. The maximum atomic E-state index is 12.5. The van der Waals surface area contributed by atoms with Crippen molar-refractivity contribution in [2.75, 3.05) is 32.8 Å². The molecule has 0 aromatic heterocycles. The Hall–Kier alpha value is -1.65. The van der Waals surface area contributed by atoms with E-state index in [1.54, 1.807) is 0 Å². The Bertz CT molecular complexity index is 767. The molecule has 0 aliphatic heterocycles. The number of nitrogens with zero attached hydrogens (tertiary/aromatic N) is 1. The van der Waals surface area contributed by atoms with Gasteiger partial charge in [0, 0.05) is 19.6 Å². The Labute approximate surface area is 300 Å². The maximum absolute atomic E-state index is 12.5. The molecule has 1 unspecified atom stereocenters. The minimum atomic E-state index is -0.0640. The van der Waals surface area contributed by atoms with Crippen LogP contribution in [0, 0.1) is 0 Å². The molecule has 0 amide bonds. The normalized spacial score (nSPS) is 12.9. The molecule has 0 saturated heterocycles. The van der Waals surface area contributed by atoms with Crippen molar-refractivity contribution in [1.29, 1.82) is 0 Å². The molecule has 0 spiro atoms. The second-order valence-corrected chi connectivity index (χ2v) is 13.6. The van der Waals surface area contributed by atoms with E-state index in [1.807, 2.05) is 0 Å². The van der Waals surface area contributed by atoms with E-state index in [-0.39, 0.29) is 12.1 Å². The SMILES string of the molecule is CCCCC/C=C\C/C=C\CCCCCCCCOC(CCN(CC)CC)COC(=O)CCCCCCC/C=C\C/C=C\CCCCC. The van der Waals surface area contributed by atoms with Crippen molar-refractivity contribution in [2.24, 2.45) is 0 Å². The van der Waals surface area contributed by atoms with E-state index in [4.69, 9.17) is 9.47 Å². The van der Waals surface area contributed by atoms with Gasteiger partial charge in [0.15, 0.2) is 0 Å². The molecule has 0 aromatic carbocycles. The molecule has 0 N–H and O–H groups in total. The van der Waals surface area contributed by atoms with Crippen molar-refractivity contribution in [1.82, 2.24) is 4.90 Å². The molecule has 0 heterocycles. The summed E-state index contributed by atoms with van der Waals surface area (Å²) in [5, 5.41) is 0. The van der Waals surface area contributed by atoms with Crippen molar-refractivity contribution >= 4 is 5.97 Å². The van der Waals surface area contributed by atoms with Crippen molar-refractivity contribution in [3.63, 3.8) is 0 Å². The highest BCUT2D eigenvalue weighted by Crippen LogP contribution is 2.12. The van der Waals surface area contributed by atoms with Gasteiger partial charge < -0.3 is 14.4 Å². The van der Waals surface area contributed by atoms with Crippen LogP contribution in [0.2, 0.25) is 0 Å².